The van der Waals surface area contributed by atoms with E-state index in [2.05, 4.69) is 79.6 Å². The van der Waals surface area contributed by atoms with Gasteiger partial charge in [0.2, 0.25) is 0 Å². The number of thioether (sulfide) groups is 1. The maximum absolute atomic E-state index is 5.17. The van der Waals surface area contributed by atoms with Crippen LogP contribution < -0.4 is 0 Å². The summed E-state index contributed by atoms with van der Waals surface area (Å²) in [6.07, 6.45) is 3.02. The second kappa shape index (κ2) is 7.62. The Morgan fingerprint density at radius 3 is 2.57 bits per heavy atom. The van der Waals surface area contributed by atoms with E-state index in [1.807, 2.05) is 24.0 Å². The SMILES string of the molecule is CC[C@@H]1CSC2=N[C@H](c3ccccn3)[C@@H](c3cc(C)n(-c4ccc(C)cc4)c3C)N21. The lowest BCUT2D eigenvalue weighted by Gasteiger charge is -2.32. The Morgan fingerprint density at radius 1 is 1.07 bits per heavy atom. The topological polar surface area (TPSA) is 33.4 Å². The van der Waals surface area contributed by atoms with Crippen LogP contribution in [0.25, 0.3) is 5.69 Å². The highest BCUT2D eigenvalue weighted by Crippen LogP contribution is 2.49. The minimum absolute atomic E-state index is 0.0371. The largest absolute Gasteiger partial charge is 0.338 e. The van der Waals surface area contributed by atoms with Crippen LogP contribution in [0.5, 0.6) is 0 Å². The van der Waals surface area contributed by atoms with E-state index in [-0.39, 0.29) is 12.1 Å². The first-order chi connectivity index (χ1) is 14.6. The summed E-state index contributed by atoms with van der Waals surface area (Å²) >= 11 is 1.90. The van der Waals surface area contributed by atoms with Gasteiger partial charge in [-0.25, -0.2) is 0 Å². The van der Waals surface area contributed by atoms with Gasteiger partial charge >= 0.3 is 0 Å². The minimum atomic E-state index is 0.0371. The second-order valence-corrected chi connectivity index (χ2v) is 9.32. The number of benzene rings is 1. The zero-order valence-electron chi connectivity index (χ0n) is 18.0. The number of aryl methyl sites for hydroxylation is 2. The second-order valence-electron chi connectivity index (χ2n) is 8.33. The molecule has 0 amide bonds. The Kier molecular flexibility index (Phi) is 4.94. The maximum Gasteiger partial charge on any atom is 0.160 e. The van der Waals surface area contributed by atoms with E-state index < -0.39 is 0 Å². The summed E-state index contributed by atoms with van der Waals surface area (Å²) in [5.41, 5.74) is 7.48. The molecule has 0 aliphatic carbocycles. The smallest absolute Gasteiger partial charge is 0.160 e. The molecule has 0 radical (unpaired) electrons. The fourth-order valence-electron chi connectivity index (χ4n) is 4.86. The number of hydrogen-bond acceptors (Lipinski definition) is 4. The Morgan fingerprint density at radius 2 is 1.87 bits per heavy atom. The summed E-state index contributed by atoms with van der Waals surface area (Å²) in [4.78, 5) is 12.4. The molecule has 1 saturated heterocycles. The Balaban J connectivity index is 1.63. The van der Waals surface area contributed by atoms with Crippen molar-refractivity contribution in [2.24, 2.45) is 4.99 Å². The summed E-state index contributed by atoms with van der Waals surface area (Å²) < 4.78 is 2.38. The van der Waals surface area contributed by atoms with Crippen LogP contribution in [0.4, 0.5) is 0 Å². The van der Waals surface area contributed by atoms with Crippen LogP contribution in [0.3, 0.4) is 0 Å². The molecule has 3 aromatic rings. The predicted molar refractivity (Wildman–Crippen MR) is 126 cm³/mol. The van der Waals surface area contributed by atoms with Crippen LogP contribution in [0.1, 0.15) is 53.6 Å². The molecule has 1 fully saturated rings. The fraction of sp³-hybridized carbons (Fsp3) is 0.360. The number of aliphatic imine (C=N–C) groups is 1. The van der Waals surface area contributed by atoms with Crippen molar-refractivity contribution < 1.29 is 0 Å². The normalized spacial score (nSPS) is 23.0. The molecule has 0 bridgehead atoms. The molecule has 0 saturated carbocycles. The Bertz CT molecular complexity index is 1080. The zero-order chi connectivity index (χ0) is 20.8. The molecule has 1 aromatic carbocycles. The number of amidine groups is 1. The van der Waals surface area contributed by atoms with Gasteiger partial charge in [-0.15, -0.1) is 0 Å². The lowest BCUT2D eigenvalue weighted by molar-refractivity contribution is 0.254. The number of nitrogens with zero attached hydrogens (tertiary/aromatic N) is 4. The number of aromatic nitrogens is 2. The third-order valence-corrected chi connectivity index (χ3v) is 7.54. The summed E-state index contributed by atoms with van der Waals surface area (Å²) in [6.45, 7) is 8.88. The molecule has 0 unspecified atom stereocenters. The van der Waals surface area contributed by atoms with Crippen molar-refractivity contribution in [3.63, 3.8) is 0 Å². The van der Waals surface area contributed by atoms with E-state index in [1.165, 1.54) is 33.4 Å². The van der Waals surface area contributed by atoms with E-state index in [4.69, 9.17) is 9.98 Å². The molecule has 5 rings (SSSR count). The van der Waals surface area contributed by atoms with Crippen LogP contribution in [0.2, 0.25) is 0 Å². The average Bonchev–Trinajstić information content (AvgIpc) is 3.41. The zero-order valence-corrected chi connectivity index (χ0v) is 18.9. The summed E-state index contributed by atoms with van der Waals surface area (Å²) in [5.74, 6) is 1.12. The monoisotopic (exact) mass is 416 g/mol. The fourth-order valence-corrected chi connectivity index (χ4v) is 6.20. The summed E-state index contributed by atoms with van der Waals surface area (Å²) in [7, 11) is 0. The first-order valence-corrected chi connectivity index (χ1v) is 11.7. The van der Waals surface area contributed by atoms with Gasteiger partial charge in [0.1, 0.15) is 6.04 Å². The molecular weight excluding hydrogens is 388 g/mol. The van der Waals surface area contributed by atoms with Crippen molar-refractivity contribution in [3.05, 3.63) is 82.9 Å². The van der Waals surface area contributed by atoms with Crippen molar-refractivity contribution in [3.8, 4) is 5.69 Å². The minimum Gasteiger partial charge on any atom is -0.338 e. The van der Waals surface area contributed by atoms with E-state index in [1.54, 1.807) is 0 Å². The molecule has 30 heavy (non-hydrogen) atoms. The van der Waals surface area contributed by atoms with Gasteiger partial charge in [-0.05, 0) is 63.1 Å². The molecule has 2 aliphatic rings. The highest BCUT2D eigenvalue weighted by molar-refractivity contribution is 8.14. The molecule has 0 N–H and O–H groups in total. The van der Waals surface area contributed by atoms with Crippen molar-refractivity contribution in [2.45, 2.75) is 52.2 Å². The molecule has 5 heteroatoms. The van der Waals surface area contributed by atoms with E-state index >= 15 is 0 Å². The van der Waals surface area contributed by atoms with Crippen molar-refractivity contribution in [2.75, 3.05) is 5.75 Å². The van der Waals surface area contributed by atoms with Gasteiger partial charge in [-0.3, -0.25) is 9.98 Å². The number of hydrogen-bond donors (Lipinski definition) is 0. The highest BCUT2D eigenvalue weighted by atomic mass is 32.2. The van der Waals surface area contributed by atoms with Gasteiger partial charge in [-0.2, -0.15) is 0 Å². The quantitative estimate of drug-likeness (QED) is 0.541. The molecule has 4 nitrogen and oxygen atoms in total. The van der Waals surface area contributed by atoms with Crippen molar-refractivity contribution >= 4 is 16.9 Å². The molecule has 2 aliphatic heterocycles. The Labute approximate surface area is 183 Å². The van der Waals surface area contributed by atoms with Crippen molar-refractivity contribution in [1.29, 1.82) is 0 Å². The lowest BCUT2D eigenvalue weighted by atomic mass is 9.95. The van der Waals surface area contributed by atoms with Gasteiger partial charge in [0.05, 0.1) is 11.7 Å². The molecule has 3 atom stereocenters. The van der Waals surface area contributed by atoms with Gasteiger partial charge in [-0.1, -0.05) is 42.4 Å². The van der Waals surface area contributed by atoms with Crippen molar-refractivity contribution in [1.82, 2.24) is 14.5 Å². The first kappa shape index (κ1) is 19.4. The highest BCUT2D eigenvalue weighted by Gasteiger charge is 2.46. The van der Waals surface area contributed by atoms with E-state index in [9.17, 15) is 0 Å². The molecule has 2 aromatic heterocycles. The van der Waals surface area contributed by atoms with Gasteiger partial charge in [0, 0.05) is 35.1 Å². The van der Waals surface area contributed by atoms with Gasteiger partial charge in [0.15, 0.2) is 5.17 Å². The van der Waals surface area contributed by atoms with Gasteiger partial charge < -0.3 is 9.47 Å². The predicted octanol–water partition coefficient (Wildman–Crippen LogP) is 5.78. The van der Waals surface area contributed by atoms with E-state index in [0.717, 1.165) is 17.9 Å². The van der Waals surface area contributed by atoms with Crippen LogP contribution in [-0.4, -0.2) is 31.4 Å². The molecule has 154 valence electrons. The molecular formula is C25H28N4S. The van der Waals surface area contributed by atoms with Crippen LogP contribution in [0, 0.1) is 20.8 Å². The van der Waals surface area contributed by atoms with Crippen LogP contribution in [0.15, 0.2) is 59.7 Å². The molecule has 4 heterocycles. The number of pyridine rings is 1. The van der Waals surface area contributed by atoms with Gasteiger partial charge in [0.25, 0.3) is 0 Å². The molecule has 0 spiro atoms. The summed E-state index contributed by atoms with van der Waals surface area (Å²) in [5, 5.41) is 1.18. The standard InChI is InChI=1S/C25H28N4S/c1-5-19-15-30-25-27-23(22-8-6-7-13-26-22)24(29(19)25)21-14-17(3)28(18(21)4)20-11-9-16(2)10-12-20/h6-14,19,23-24H,5,15H2,1-4H3/t19-,23-,24-/m1/s1. The van der Waals surface area contributed by atoms with Crippen LogP contribution >= 0.6 is 11.8 Å². The third kappa shape index (κ3) is 3.07. The first-order valence-electron chi connectivity index (χ1n) is 10.7. The Hall–Kier alpha value is -2.53. The number of rotatable bonds is 4. The van der Waals surface area contributed by atoms with E-state index in [0.29, 0.717) is 6.04 Å². The van der Waals surface area contributed by atoms with Crippen LogP contribution in [-0.2, 0) is 0 Å². The maximum atomic E-state index is 5.17. The number of fused-ring (bicyclic) bond motifs is 1. The third-order valence-electron chi connectivity index (χ3n) is 6.41. The average molecular weight is 417 g/mol. The lowest BCUT2D eigenvalue weighted by Crippen LogP contribution is -2.35. The summed E-state index contributed by atoms with van der Waals surface area (Å²) in [6, 6.07) is 18.1.